The summed E-state index contributed by atoms with van der Waals surface area (Å²) in [5, 5.41) is 0. The van der Waals surface area contributed by atoms with Crippen molar-refractivity contribution in [1.29, 1.82) is 0 Å². The molecule has 2 N–H and O–H groups in total. The van der Waals surface area contributed by atoms with Gasteiger partial charge in [-0.05, 0) is 43.9 Å². The van der Waals surface area contributed by atoms with Gasteiger partial charge in [-0.3, -0.25) is 19.2 Å². The number of hydrogen-bond acceptors (Lipinski definition) is 9. The summed E-state index contributed by atoms with van der Waals surface area (Å²) < 4.78 is 21.5. The third-order valence-electron chi connectivity index (χ3n) is 6.29. The van der Waals surface area contributed by atoms with E-state index in [0.29, 0.717) is 31.2 Å². The zero-order valence-electron chi connectivity index (χ0n) is 23.3. The predicted molar refractivity (Wildman–Crippen MR) is 139 cm³/mol. The lowest BCUT2D eigenvalue weighted by Gasteiger charge is -2.29. The van der Waals surface area contributed by atoms with Gasteiger partial charge in [-0.15, -0.1) is 0 Å². The van der Waals surface area contributed by atoms with Crippen LogP contribution in [0.15, 0.2) is 18.2 Å². The number of esters is 4. The maximum atomic E-state index is 12.7. The molecule has 0 aromatic heterocycles. The van der Waals surface area contributed by atoms with E-state index in [-0.39, 0.29) is 42.1 Å². The van der Waals surface area contributed by atoms with Crippen molar-refractivity contribution in [2.24, 2.45) is 17.6 Å². The number of benzene rings is 1. The number of methoxy groups -OCH3 is 1. The average molecular weight is 522 g/mol. The van der Waals surface area contributed by atoms with Gasteiger partial charge >= 0.3 is 23.9 Å². The first-order chi connectivity index (χ1) is 17.4. The molecule has 3 unspecified atom stereocenters. The molecular formula is C28H43NO8. The van der Waals surface area contributed by atoms with Crippen LogP contribution >= 0.6 is 0 Å². The minimum atomic E-state index is -1.52. The number of hydrogen-bond donors (Lipinski definition) is 1. The van der Waals surface area contributed by atoms with Crippen LogP contribution in [0.1, 0.15) is 85.6 Å². The van der Waals surface area contributed by atoms with E-state index in [1.54, 1.807) is 26.8 Å². The number of carbonyl (C=O) groups is 4. The van der Waals surface area contributed by atoms with E-state index in [1.807, 2.05) is 20.8 Å². The van der Waals surface area contributed by atoms with Gasteiger partial charge in [0.05, 0.1) is 18.9 Å². The van der Waals surface area contributed by atoms with Crippen LogP contribution in [0, 0.1) is 11.8 Å². The molecule has 1 rings (SSSR count). The van der Waals surface area contributed by atoms with Gasteiger partial charge in [0.15, 0.2) is 11.5 Å². The van der Waals surface area contributed by atoms with Gasteiger partial charge in [-0.25, -0.2) is 0 Å². The fourth-order valence-electron chi connectivity index (χ4n) is 3.53. The summed E-state index contributed by atoms with van der Waals surface area (Å²) in [6.07, 6.45) is 2.42. The number of nitrogens with two attached hydrogens (primary N) is 1. The topological polar surface area (TPSA) is 131 Å². The quantitative estimate of drug-likeness (QED) is 0.261. The second kappa shape index (κ2) is 15.3. The first-order valence-electron chi connectivity index (χ1n) is 13.0. The molecule has 37 heavy (non-hydrogen) atoms. The third kappa shape index (κ3) is 10.1. The molecule has 4 atom stereocenters. The molecule has 0 spiro atoms. The van der Waals surface area contributed by atoms with Crippen LogP contribution in [0.4, 0.5) is 0 Å². The van der Waals surface area contributed by atoms with E-state index < -0.39 is 29.6 Å². The fraction of sp³-hybridized carbons (Fsp3) is 0.643. The van der Waals surface area contributed by atoms with E-state index in [1.165, 1.54) is 19.2 Å². The lowest BCUT2D eigenvalue weighted by molar-refractivity contribution is -0.155. The van der Waals surface area contributed by atoms with E-state index in [4.69, 9.17) is 24.7 Å². The predicted octanol–water partition coefficient (Wildman–Crippen LogP) is 4.51. The zero-order valence-corrected chi connectivity index (χ0v) is 23.3. The maximum absolute atomic E-state index is 12.7. The molecule has 0 bridgehead atoms. The fourth-order valence-corrected chi connectivity index (χ4v) is 3.53. The van der Waals surface area contributed by atoms with Crippen molar-refractivity contribution in [3.05, 3.63) is 23.8 Å². The first kappa shape index (κ1) is 32.1. The number of unbranched alkanes of at least 4 members (excludes halogenated alkanes) is 1. The number of ether oxygens (including phenoxy) is 4. The van der Waals surface area contributed by atoms with Crippen LogP contribution in [-0.4, -0.2) is 42.6 Å². The monoisotopic (exact) mass is 521 g/mol. The van der Waals surface area contributed by atoms with E-state index >= 15 is 0 Å². The lowest BCUT2D eigenvalue weighted by atomic mass is 9.86. The lowest BCUT2D eigenvalue weighted by Crippen LogP contribution is -2.53. The van der Waals surface area contributed by atoms with Crippen LogP contribution in [0.25, 0.3) is 0 Å². The Morgan fingerprint density at radius 2 is 1.49 bits per heavy atom. The smallest absolute Gasteiger partial charge is 0.326 e. The largest absolute Gasteiger partial charge is 0.468 e. The van der Waals surface area contributed by atoms with Crippen molar-refractivity contribution in [3.63, 3.8) is 0 Å². The highest BCUT2D eigenvalue weighted by Crippen LogP contribution is 2.32. The molecule has 0 aliphatic rings. The van der Waals surface area contributed by atoms with Gasteiger partial charge in [0, 0.05) is 19.3 Å². The molecule has 9 nitrogen and oxygen atoms in total. The summed E-state index contributed by atoms with van der Waals surface area (Å²) in [5.41, 5.74) is 5.53. The Labute approximate surface area is 220 Å². The molecule has 0 fully saturated rings. The Morgan fingerprint density at radius 3 is 2.00 bits per heavy atom. The van der Waals surface area contributed by atoms with Gasteiger partial charge < -0.3 is 24.7 Å². The molecule has 0 radical (unpaired) electrons. The highest BCUT2D eigenvalue weighted by atomic mass is 16.6. The summed E-state index contributed by atoms with van der Waals surface area (Å²) >= 11 is 0. The molecule has 208 valence electrons. The average Bonchev–Trinajstić information content (AvgIpc) is 2.86. The number of carbonyl (C=O) groups excluding carboxylic acids is 4. The molecule has 1 aromatic carbocycles. The van der Waals surface area contributed by atoms with Gasteiger partial charge in [0.1, 0.15) is 11.6 Å². The second-order valence-corrected chi connectivity index (χ2v) is 9.67. The Balaban J connectivity index is 3.26. The zero-order chi connectivity index (χ0) is 28.2. The first-order valence-corrected chi connectivity index (χ1v) is 13.0. The molecule has 0 heterocycles. The molecule has 1 aromatic rings. The van der Waals surface area contributed by atoms with E-state index in [0.717, 1.165) is 6.42 Å². The summed E-state index contributed by atoms with van der Waals surface area (Å²) in [6, 6.07) is 4.69. The Bertz CT molecular complexity index is 931. The summed E-state index contributed by atoms with van der Waals surface area (Å²) in [7, 11) is 1.23. The van der Waals surface area contributed by atoms with Gasteiger partial charge in [-0.1, -0.05) is 47.1 Å². The van der Waals surface area contributed by atoms with Crippen molar-refractivity contribution < 1.29 is 38.1 Å². The highest BCUT2D eigenvalue weighted by molar-refractivity contribution is 5.81. The summed E-state index contributed by atoms with van der Waals surface area (Å²) in [4.78, 5) is 49.7. The summed E-state index contributed by atoms with van der Waals surface area (Å²) in [5.74, 6) is -2.49. The van der Waals surface area contributed by atoms with Crippen LogP contribution in [-0.2, 0) is 35.1 Å². The van der Waals surface area contributed by atoms with Gasteiger partial charge in [0.2, 0.25) is 0 Å². The second-order valence-electron chi connectivity index (χ2n) is 9.67. The maximum Gasteiger partial charge on any atom is 0.326 e. The number of rotatable bonds is 15. The summed E-state index contributed by atoms with van der Waals surface area (Å²) in [6.45, 7) is 10.9. The standard InChI is InChI=1S/C28H43NO8/c1-8-11-12-24(30)35-20(6)16-28(29,27(33)34-7)17-21-13-14-22(36-25(31)18(4)9-2)23(15-21)37-26(32)19(5)10-3/h13-15,18-20H,8-12,16-17,29H2,1-7H3/t18?,19?,20?,28-/m1/s1. The van der Waals surface area contributed by atoms with Crippen molar-refractivity contribution in [2.45, 2.75) is 98.1 Å². The van der Waals surface area contributed by atoms with Gasteiger partial charge in [0.25, 0.3) is 0 Å². The molecule has 0 saturated heterocycles. The minimum absolute atomic E-state index is 0.00396. The van der Waals surface area contributed by atoms with Crippen LogP contribution in [0.3, 0.4) is 0 Å². The van der Waals surface area contributed by atoms with Crippen molar-refractivity contribution in [1.82, 2.24) is 0 Å². The Morgan fingerprint density at radius 1 is 0.919 bits per heavy atom. The molecule has 0 amide bonds. The Kier molecular flexibility index (Phi) is 13.3. The molecule has 0 aliphatic carbocycles. The van der Waals surface area contributed by atoms with E-state index in [2.05, 4.69) is 0 Å². The minimum Gasteiger partial charge on any atom is -0.468 e. The van der Waals surface area contributed by atoms with Crippen molar-refractivity contribution >= 4 is 23.9 Å². The van der Waals surface area contributed by atoms with Crippen molar-refractivity contribution in [3.8, 4) is 11.5 Å². The third-order valence-corrected chi connectivity index (χ3v) is 6.29. The highest BCUT2D eigenvalue weighted by Gasteiger charge is 2.38. The van der Waals surface area contributed by atoms with E-state index in [9.17, 15) is 19.2 Å². The molecule has 9 heteroatoms. The van der Waals surface area contributed by atoms with Crippen LogP contribution < -0.4 is 15.2 Å². The van der Waals surface area contributed by atoms with Crippen LogP contribution in [0.2, 0.25) is 0 Å². The molecule has 0 aliphatic heterocycles. The van der Waals surface area contributed by atoms with Gasteiger partial charge in [-0.2, -0.15) is 0 Å². The van der Waals surface area contributed by atoms with Crippen molar-refractivity contribution in [2.75, 3.05) is 7.11 Å². The molecular weight excluding hydrogens is 478 g/mol. The Hall–Kier alpha value is -2.94. The molecule has 0 saturated carbocycles. The normalized spacial score (nSPS) is 15.0. The SMILES string of the molecule is CCCCC(=O)OC(C)C[C@@](N)(Cc1ccc(OC(=O)C(C)CC)c(OC(=O)C(C)CC)c1)C(=O)OC. The van der Waals surface area contributed by atoms with Crippen LogP contribution in [0.5, 0.6) is 11.5 Å².